The number of carbonyl (C=O) groups excluding carboxylic acids is 1. The van der Waals surface area contributed by atoms with Crippen molar-refractivity contribution in [2.45, 2.75) is 46.6 Å². The van der Waals surface area contributed by atoms with Crippen LogP contribution in [0.25, 0.3) is 0 Å². The van der Waals surface area contributed by atoms with Gasteiger partial charge < -0.3 is 9.64 Å². The first-order chi connectivity index (χ1) is 9.47. The largest absolute Gasteiger partial charge is 0.459 e. The second-order valence-electron chi connectivity index (χ2n) is 5.00. The summed E-state index contributed by atoms with van der Waals surface area (Å²) < 4.78 is 17.5. The zero-order valence-electron chi connectivity index (χ0n) is 12.3. The van der Waals surface area contributed by atoms with E-state index in [0.717, 1.165) is 18.5 Å². The van der Waals surface area contributed by atoms with Crippen molar-refractivity contribution in [2.75, 3.05) is 6.54 Å². The first kappa shape index (κ1) is 15.0. The van der Waals surface area contributed by atoms with Crippen molar-refractivity contribution in [3.8, 4) is 0 Å². The van der Waals surface area contributed by atoms with Gasteiger partial charge in [0.15, 0.2) is 0 Å². The van der Waals surface area contributed by atoms with Gasteiger partial charge in [0.05, 0.1) is 6.10 Å². The van der Waals surface area contributed by atoms with Crippen molar-refractivity contribution in [3.63, 3.8) is 0 Å². The number of rotatable bonds is 4. The summed E-state index contributed by atoms with van der Waals surface area (Å²) in [5.41, 5.74) is 2.21. The molecule has 0 radical (unpaired) electrons. The zero-order valence-corrected chi connectivity index (χ0v) is 13.1. The van der Waals surface area contributed by atoms with Crippen molar-refractivity contribution < 1.29 is 13.7 Å². The highest BCUT2D eigenvalue weighted by Gasteiger charge is 2.36. The van der Waals surface area contributed by atoms with Crippen LogP contribution in [0.1, 0.15) is 40.5 Å². The third-order valence-corrected chi connectivity index (χ3v) is 4.52. The Morgan fingerprint density at radius 2 is 2.15 bits per heavy atom. The minimum atomic E-state index is -1.53. The summed E-state index contributed by atoms with van der Waals surface area (Å²) in [6.07, 6.45) is 3.10. The molecule has 1 atom stereocenters. The van der Waals surface area contributed by atoms with E-state index in [1.54, 1.807) is 24.9 Å². The molecule has 0 amide bonds. The first-order valence-electron chi connectivity index (χ1n) is 6.88. The van der Waals surface area contributed by atoms with Crippen molar-refractivity contribution in [1.82, 2.24) is 4.90 Å². The third-order valence-electron chi connectivity index (χ3n) is 3.19. The molecular weight excluding hydrogens is 276 g/mol. The van der Waals surface area contributed by atoms with Crippen molar-refractivity contribution in [2.24, 2.45) is 4.99 Å². The van der Waals surface area contributed by atoms with Gasteiger partial charge in [-0.2, -0.15) is 0 Å². The summed E-state index contributed by atoms with van der Waals surface area (Å²) in [4.78, 5) is 18.4. The lowest BCUT2D eigenvalue weighted by atomic mass is 10.1. The lowest BCUT2D eigenvalue weighted by Gasteiger charge is -2.24. The summed E-state index contributed by atoms with van der Waals surface area (Å²) in [6, 6.07) is 0. The van der Waals surface area contributed by atoms with Gasteiger partial charge in [0.2, 0.25) is 5.17 Å². The van der Waals surface area contributed by atoms with Crippen LogP contribution in [0.4, 0.5) is 0 Å². The average Bonchev–Trinajstić information content (AvgIpc) is 2.73. The fraction of sp³-hybridized carbons (Fsp3) is 0.571. The molecule has 0 aromatic rings. The minimum absolute atomic E-state index is 0.185. The van der Waals surface area contributed by atoms with Crippen LogP contribution >= 0.6 is 0 Å². The molecule has 110 valence electrons. The summed E-state index contributed by atoms with van der Waals surface area (Å²) in [5, 5.41) is 0.453. The van der Waals surface area contributed by atoms with Crippen LogP contribution in [0.5, 0.6) is 0 Å². The minimum Gasteiger partial charge on any atom is -0.459 e. The van der Waals surface area contributed by atoms with Gasteiger partial charge in [0.25, 0.3) is 0 Å². The third kappa shape index (κ3) is 2.70. The SMILES string of the molecule is CCC1=C(CC)N=C2N(C=C(C(=O)OC(C)C)S2=O)C1. The molecule has 2 rings (SSSR count). The van der Waals surface area contributed by atoms with Crippen molar-refractivity contribution >= 4 is 21.9 Å². The van der Waals surface area contributed by atoms with E-state index >= 15 is 0 Å². The summed E-state index contributed by atoms with van der Waals surface area (Å²) in [7, 11) is -1.53. The highest BCUT2D eigenvalue weighted by molar-refractivity contribution is 8.05. The van der Waals surface area contributed by atoms with Gasteiger partial charge in [-0.05, 0) is 32.3 Å². The van der Waals surface area contributed by atoms with Gasteiger partial charge in [-0.15, -0.1) is 0 Å². The van der Waals surface area contributed by atoms with E-state index in [2.05, 4.69) is 11.9 Å². The number of hydrogen-bond donors (Lipinski definition) is 0. The Kier molecular flexibility index (Phi) is 4.42. The molecular formula is C14H20N2O3S. The van der Waals surface area contributed by atoms with Crippen LogP contribution < -0.4 is 0 Å². The monoisotopic (exact) mass is 296 g/mol. The Balaban J connectivity index is 2.27. The molecule has 0 aromatic heterocycles. The predicted molar refractivity (Wildman–Crippen MR) is 79.2 cm³/mol. The highest BCUT2D eigenvalue weighted by Crippen LogP contribution is 2.28. The van der Waals surface area contributed by atoms with Crippen LogP contribution in [-0.2, 0) is 20.3 Å². The lowest BCUT2D eigenvalue weighted by Crippen LogP contribution is -2.30. The van der Waals surface area contributed by atoms with E-state index in [1.807, 2.05) is 6.92 Å². The number of esters is 1. The standard InChI is InChI=1S/C14H20N2O3S/c1-5-10-7-16-8-12(13(17)19-9(3)4)20(18)14(16)15-11(10)6-2/h8-9H,5-7H2,1-4H3. The maximum absolute atomic E-state index is 12.4. The Hall–Kier alpha value is -1.43. The Labute approximate surface area is 121 Å². The van der Waals surface area contributed by atoms with Gasteiger partial charge in [-0.1, -0.05) is 13.8 Å². The van der Waals surface area contributed by atoms with Crippen LogP contribution in [-0.4, -0.2) is 32.9 Å². The van der Waals surface area contributed by atoms with Crippen molar-refractivity contribution in [1.29, 1.82) is 0 Å². The Morgan fingerprint density at radius 1 is 1.45 bits per heavy atom. The summed E-state index contributed by atoms with van der Waals surface area (Å²) in [5.74, 6) is -0.522. The molecule has 0 spiro atoms. The number of fused-ring (bicyclic) bond motifs is 1. The molecule has 0 aliphatic carbocycles. The molecule has 2 aliphatic rings. The van der Waals surface area contributed by atoms with Gasteiger partial charge in [-0.3, -0.25) is 0 Å². The number of allylic oxidation sites excluding steroid dienone is 1. The van der Waals surface area contributed by atoms with E-state index in [1.165, 1.54) is 5.57 Å². The van der Waals surface area contributed by atoms with Crippen LogP contribution in [0.15, 0.2) is 27.4 Å². The lowest BCUT2D eigenvalue weighted by molar-refractivity contribution is -0.141. The number of amidine groups is 1. The van der Waals surface area contributed by atoms with Gasteiger partial charge in [0.1, 0.15) is 15.7 Å². The molecule has 0 saturated heterocycles. The van der Waals surface area contributed by atoms with E-state index in [4.69, 9.17) is 4.74 Å². The molecule has 6 heteroatoms. The van der Waals surface area contributed by atoms with E-state index in [-0.39, 0.29) is 11.0 Å². The number of aliphatic imine (C=N–C) groups is 1. The molecule has 0 saturated carbocycles. The normalized spacial score (nSPS) is 21.9. The van der Waals surface area contributed by atoms with Gasteiger partial charge in [0, 0.05) is 18.4 Å². The van der Waals surface area contributed by atoms with Crippen LogP contribution in [0.2, 0.25) is 0 Å². The number of hydrogen-bond acceptors (Lipinski definition) is 5. The number of nitrogens with zero attached hydrogens (tertiary/aromatic N) is 2. The second-order valence-corrected chi connectivity index (χ2v) is 6.34. The Morgan fingerprint density at radius 3 is 2.70 bits per heavy atom. The topological polar surface area (TPSA) is 59.0 Å². The molecule has 0 bridgehead atoms. The quantitative estimate of drug-likeness (QED) is 0.747. The molecule has 2 aliphatic heterocycles. The van der Waals surface area contributed by atoms with Crippen LogP contribution in [0, 0.1) is 0 Å². The number of carbonyl (C=O) groups is 1. The second kappa shape index (κ2) is 5.91. The molecule has 20 heavy (non-hydrogen) atoms. The molecule has 2 heterocycles. The summed E-state index contributed by atoms with van der Waals surface area (Å²) in [6.45, 7) is 8.31. The fourth-order valence-electron chi connectivity index (χ4n) is 2.21. The van der Waals surface area contributed by atoms with E-state index in [9.17, 15) is 9.00 Å². The van der Waals surface area contributed by atoms with E-state index in [0.29, 0.717) is 11.7 Å². The smallest absolute Gasteiger partial charge is 0.349 e. The molecule has 0 N–H and O–H groups in total. The molecule has 1 unspecified atom stereocenters. The molecule has 5 nitrogen and oxygen atoms in total. The van der Waals surface area contributed by atoms with Gasteiger partial charge in [-0.25, -0.2) is 14.0 Å². The first-order valence-corrected chi connectivity index (χ1v) is 8.03. The van der Waals surface area contributed by atoms with Crippen molar-refractivity contribution in [3.05, 3.63) is 22.4 Å². The molecule has 0 aromatic carbocycles. The maximum Gasteiger partial charge on any atom is 0.349 e. The van der Waals surface area contributed by atoms with Gasteiger partial charge >= 0.3 is 5.97 Å². The van der Waals surface area contributed by atoms with Crippen LogP contribution in [0.3, 0.4) is 0 Å². The van der Waals surface area contributed by atoms with E-state index < -0.39 is 16.8 Å². The summed E-state index contributed by atoms with van der Waals surface area (Å²) >= 11 is 0. The Bertz CT molecular complexity index is 547. The average molecular weight is 296 g/mol. The zero-order chi connectivity index (χ0) is 14.9. The highest BCUT2D eigenvalue weighted by atomic mass is 32.2. The fourth-order valence-corrected chi connectivity index (χ4v) is 3.35. The predicted octanol–water partition coefficient (Wildman–Crippen LogP) is 2.29. The molecule has 0 fully saturated rings. The maximum atomic E-state index is 12.4. The number of ether oxygens (including phenoxy) is 1.